The molecule has 1 aromatic carbocycles. The van der Waals surface area contributed by atoms with Gasteiger partial charge in [-0.15, -0.1) is 0 Å². The summed E-state index contributed by atoms with van der Waals surface area (Å²) in [7, 11) is -3.00. The van der Waals surface area contributed by atoms with Crippen molar-refractivity contribution in [2.24, 2.45) is 0 Å². The molecule has 0 aromatic heterocycles. The smallest absolute Gasteiger partial charge is 0.316 e. The van der Waals surface area contributed by atoms with Gasteiger partial charge in [0.1, 0.15) is 5.75 Å². The summed E-state index contributed by atoms with van der Waals surface area (Å²) >= 11 is 0. The van der Waals surface area contributed by atoms with Gasteiger partial charge >= 0.3 is 14.2 Å². The minimum Gasteiger partial charge on any atom is -0.426 e. The number of carbonyl (C=O) groups excluding carboxylic acids is 1. The van der Waals surface area contributed by atoms with Crippen LogP contribution in [-0.4, -0.2) is 17.5 Å². The second kappa shape index (κ2) is 7.02. The van der Waals surface area contributed by atoms with Crippen molar-refractivity contribution in [1.82, 2.24) is 0 Å². The Morgan fingerprint density at radius 3 is 2.55 bits per heavy atom. The lowest BCUT2D eigenvalue weighted by molar-refractivity contribution is -0.134. The van der Waals surface area contributed by atoms with Gasteiger partial charge in [-0.3, -0.25) is 9.36 Å². The van der Waals surface area contributed by atoms with Gasteiger partial charge in [0, 0.05) is 5.56 Å². The maximum absolute atomic E-state index is 11.7. The number of rotatable bonds is 5. The van der Waals surface area contributed by atoms with Gasteiger partial charge in [0.15, 0.2) is 0 Å². The molecule has 0 saturated carbocycles. The van der Waals surface area contributed by atoms with E-state index in [0.29, 0.717) is 5.75 Å². The first kappa shape index (κ1) is 16.9. The normalized spacial score (nSPS) is 13.1. The predicted octanol–water partition coefficient (Wildman–Crippen LogP) is 2.99. The number of aryl methyl sites for hydroxylation is 1. The predicted molar refractivity (Wildman–Crippen MR) is 77.3 cm³/mol. The number of ether oxygens (including phenoxy) is 1. The number of carbonyl (C=O) groups is 1. The monoisotopic (exact) mass is 300 g/mol. The van der Waals surface area contributed by atoms with Crippen molar-refractivity contribution in [1.29, 1.82) is 0 Å². The highest BCUT2D eigenvalue weighted by Gasteiger charge is 2.20. The number of hydrogen-bond donors (Lipinski definition) is 1. The van der Waals surface area contributed by atoms with Crippen LogP contribution in [0.1, 0.15) is 38.3 Å². The Hall–Kier alpha value is -1.16. The summed E-state index contributed by atoms with van der Waals surface area (Å²) in [6.07, 6.45) is -0.0611. The summed E-state index contributed by atoms with van der Waals surface area (Å²) in [5.74, 6) is 0.0346. The van der Waals surface area contributed by atoms with E-state index in [4.69, 9.17) is 9.63 Å². The zero-order valence-electron chi connectivity index (χ0n) is 12.2. The fourth-order valence-corrected chi connectivity index (χ4v) is 1.99. The lowest BCUT2D eigenvalue weighted by atomic mass is 9.85. The number of esters is 1. The SMILES string of the molecule is Cc1ccc(OC(=O)CCO[PH](=O)O)c(C(C)(C)C)c1. The second-order valence-electron chi connectivity index (χ2n) is 5.59. The van der Waals surface area contributed by atoms with Crippen molar-refractivity contribution in [3.63, 3.8) is 0 Å². The Morgan fingerprint density at radius 2 is 2.00 bits per heavy atom. The molecular weight excluding hydrogens is 279 g/mol. The van der Waals surface area contributed by atoms with E-state index in [0.717, 1.165) is 11.1 Å². The van der Waals surface area contributed by atoms with E-state index in [1.54, 1.807) is 6.07 Å². The van der Waals surface area contributed by atoms with E-state index in [9.17, 15) is 9.36 Å². The third-order valence-electron chi connectivity index (χ3n) is 2.70. The van der Waals surface area contributed by atoms with E-state index in [1.165, 1.54) is 0 Å². The van der Waals surface area contributed by atoms with Crippen LogP contribution in [0.15, 0.2) is 18.2 Å². The molecule has 0 aliphatic rings. The molecule has 1 rings (SSSR count). The molecule has 6 heteroatoms. The summed E-state index contributed by atoms with van der Waals surface area (Å²) in [5.41, 5.74) is 1.90. The lowest BCUT2D eigenvalue weighted by Gasteiger charge is -2.22. The average molecular weight is 300 g/mol. The molecule has 1 aromatic rings. The zero-order valence-corrected chi connectivity index (χ0v) is 13.2. The molecule has 1 unspecified atom stereocenters. The van der Waals surface area contributed by atoms with E-state index in [-0.39, 0.29) is 18.4 Å². The third kappa shape index (κ3) is 5.45. The molecule has 5 nitrogen and oxygen atoms in total. The van der Waals surface area contributed by atoms with Crippen LogP contribution in [0.4, 0.5) is 0 Å². The minimum absolute atomic E-state index is 0.0611. The molecule has 0 radical (unpaired) electrons. The molecule has 1 atom stereocenters. The Labute approximate surface area is 119 Å². The molecule has 0 spiro atoms. The molecular formula is C14H21O5P. The largest absolute Gasteiger partial charge is 0.426 e. The first-order valence-electron chi connectivity index (χ1n) is 6.37. The van der Waals surface area contributed by atoms with Gasteiger partial charge in [-0.2, -0.15) is 0 Å². The number of benzene rings is 1. The van der Waals surface area contributed by atoms with Gasteiger partial charge in [-0.05, 0) is 18.4 Å². The Bertz CT molecular complexity index is 505. The fourth-order valence-electron chi connectivity index (χ4n) is 1.71. The summed E-state index contributed by atoms with van der Waals surface area (Å²) in [6.45, 7) is 7.98. The molecule has 0 bridgehead atoms. The highest BCUT2D eigenvalue weighted by Crippen LogP contribution is 2.32. The van der Waals surface area contributed by atoms with Crippen LogP contribution in [0, 0.1) is 6.92 Å². The lowest BCUT2D eigenvalue weighted by Crippen LogP contribution is -2.17. The van der Waals surface area contributed by atoms with E-state index in [2.05, 4.69) is 4.52 Å². The summed E-state index contributed by atoms with van der Waals surface area (Å²) < 4.78 is 20.2. The maximum atomic E-state index is 11.7. The molecule has 0 heterocycles. The van der Waals surface area contributed by atoms with Crippen molar-refractivity contribution >= 4 is 14.2 Å². The Morgan fingerprint density at radius 1 is 1.35 bits per heavy atom. The topological polar surface area (TPSA) is 72.8 Å². The van der Waals surface area contributed by atoms with Crippen molar-refractivity contribution in [2.75, 3.05) is 6.61 Å². The van der Waals surface area contributed by atoms with Gasteiger partial charge < -0.3 is 14.2 Å². The Kier molecular flexibility index (Phi) is 5.93. The highest BCUT2D eigenvalue weighted by molar-refractivity contribution is 7.32. The van der Waals surface area contributed by atoms with Crippen molar-refractivity contribution in [2.45, 2.75) is 39.5 Å². The van der Waals surface area contributed by atoms with Crippen LogP contribution in [0.2, 0.25) is 0 Å². The second-order valence-corrected chi connectivity index (χ2v) is 6.41. The summed E-state index contributed by atoms with van der Waals surface area (Å²) in [4.78, 5) is 20.2. The quantitative estimate of drug-likeness (QED) is 0.514. The molecule has 0 fully saturated rings. The van der Waals surface area contributed by atoms with Crippen LogP contribution < -0.4 is 4.74 Å². The molecule has 0 aliphatic carbocycles. The van der Waals surface area contributed by atoms with Gasteiger partial charge in [0.2, 0.25) is 0 Å². The minimum atomic E-state index is -3.00. The first-order chi connectivity index (χ1) is 9.20. The highest BCUT2D eigenvalue weighted by atomic mass is 31.1. The third-order valence-corrected chi connectivity index (χ3v) is 3.15. The molecule has 0 aliphatic heterocycles. The fraction of sp³-hybridized carbons (Fsp3) is 0.500. The summed E-state index contributed by atoms with van der Waals surface area (Å²) in [6, 6.07) is 5.63. The Balaban J connectivity index is 2.77. The van der Waals surface area contributed by atoms with Crippen LogP contribution in [0.5, 0.6) is 5.75 Å². The van der Waals surface area contributed by atoms with E-state index < -0.39 is 14.2 Å². The van der Waals surface area contributed by atoms with Gasteiger partial charge in [-0.25, -0.2) is 0 Å². The molecule has 0 amide bonds. The van der Waals surface area contributed by atoms with Gasteiger partial charge in [0.05, 0.1) is 13.0 Å². The van der Waals surface area contributed by atoms with Crippen molar-refractivity contribution in [3.05, 3.63) is 29.3 Å². The van der Waals surface area contributed by atoms with Crippen molar-refractivity contribution in [3.8, 4) is 5.75 Å². The summed E-state index contributed by atoms with van der Waals surface area (Å²) in [5, 5.41) is 0. The molecule has 1 N–H and O–H groups in total. The van der Waals surface area contributed by atoms with Crippen LogP contribution in [0.25, 0.3) is 0 Å². The zero-order chi connectivity index (χ0) is 15.3. The molecule has 0 saturated heterocycles. The first-order valence-corrected chi connectivity index (χ1v) is 7.64. The standard InChI is InChI=1S/C14H21O5P/c1-10-5-6-12(11(9-10)14(2,3)4)19-13(15)7-8-18-20(16)17/h5-6,9,20H,7-8H2,1-4H3,(H,16,17). The van der Waals surface area contributed by atoms with Crippen LogP contribution in [-0.2, 0) is 19.3 Å². The van der Waals surface area contributed by atoms with Gasteiger partial charge in [-0.1, -0.05) is 38.5 Å². The van der Waals surface area contributed by atoms with Crippen LogP contribution >= 0.6 is 8.25 Å². The van der Waals surface area contributed by atoms with Crippen molar-refractivity contribution < 1.29 is 23.5 Å². The number of hydrogen-bond acceptors (Lipinski definition) is 4. The van der Waals surface area contributed by atoms with Crippen LogP contribution in [0.3, 0.4) is 0 Å². The molecule has 20 heavy (non-hydrogen) atoms. The van der Waals surface area contributed by atoms with E-state index >= 15 is 0 Å². The van der Waals surface area contributed by atoms with E-state index in [1.807, 2.05) is 39.8 Å². The molecule has 112 valence electrons. The maximum Gasteiger partial charge on any atom is 0.316 e. The average Bonchev–Trinajstić information content (AvgIpc) is 2.29. The van der Waals surface area contributed by atoms with Gasteiger partial charge in [0.25, 0.3) is 0 Å².